The number of carbonyl (C=O) groups excluding carboxylic acids is 1. The summed E-state index contributed by atoms with van der Waals surface area (Å²) in [5.74, 6) is 1.84. The van der Waals surface area contributed by atoms with E-state index in [1.54, 1.807) is 12.4 Å². The van der Waals surface area contributed by atoms with Gasteiger partial charge in [-0.2, -0.15) is 0 Å². The van der Waals surface area contributed by atoms with E-state index >= 15 is 0 Å². The number of benzene rings is 1. The van der Waals surface area contributed by atoms with Crippen LogP contribution >= 0.6 is 24.8 Å². The molecule has 2 aromatic rings. The predicted octanol–water partition coefficient (Wildman–Crippen LogP) is 4.47. The van der Waals surface area contributed by atoms with Crippen LogP contribution in [0.3, 0.4) is 0 Å². The van der Waals surface area contributed by atoms with Gasteiger partial charge in [-0.15, -0.1) is 24.8 Å². The molecule has 1 aromatic heterocycles. The van der Waals surface area contributed by atoms with E-state index in [0.29, 0.717) is 24.9 Å². The van der Waals surface area contributed by atoms with Crippen LogP contribution in [0.5, 0.6) is 5.75 Å². The number of hydrogen-bond donors (Lipinski definition) is 2. The molecular formula is C21H29Cl2N3O2. The number of hydrogen-bond acceptors (Lipinski definition) is 4. The quantitative estimate of drug-likeness (QED) is 0.686. The van der Waals surface area contributed by atoms with E-state index in [1.807, 2.05) is 36.4 Å². The molecule has 1 aliphatic heterocycles. The van der Waals surface area contributed by atoms with Gasteiger partial charge in [0.1, 0.15) is 12.4 Å². The zero-order valence-corrected chi connectivity index (χ0v) is 17.7. The van der Waals surface area contributed by atoms with E-state index in [0.717, 1.165) is 42.9 Å². The second-order valence-electron chi connectivity index (χ2n) is 6.99. The number of anilines is 1. The van der Waals surface area contributed by atoms with Gasteiger partial charge in [0.15, 0.2) is 0 Å². The van der Waals surface area contributed by atoms with Gasteiger partial charge in [-0.05, 0) is 56.0 Å². The molecule has 1 saturated heterocycles. The van der Waals surface area contributed by atoms with Crippen molar-refractivity contribution in [3.63, 3.8) is 0 Å². The van der Waals surface area contributed by atoms with Crippen molar-refractivity contribution in [3.8, 4) is 5.75 Å². The van der Waals surface area contributed by atoms with Gasteiger partial charge in [0.2, 0.25) is 5.91 Å². The SMILES string of the molecule is CC(CC(=O)Nc1cccc(OCc2cccnc2)c1)C1CCNCC1.Cl.Cl. The van der Waals surface area contributed by atoms with E-state index < -0.39 is 0 Å². The molecule has 0 spiro atoms. The van der Waals surface area contributed by atoms with Gasteiger partial charge in [-0.1, -0.05) is 19.1 Å². The third kappa shape index (κ3) is 7.66. The Labute approximate surface area is 179 Å². The van der Waals surface area contributed by atoms with E-state index in [1.165, 1.54) is 0 Å². The molecule has 0 radical (unpaired) electrons. The maximum absolute atomic E-state index is 12.4. The minimum atomic E-state index is 0. The minimum Gasteiger partial charge on any atom is -0.489 e. The van der Waals surface area contributed by atoms with Gasteiger partial charge >= 0.3 is 0 Å². The van der Waals surface area contributed by atoms with Crippen molar-refractivity contribution in [3.05, 3.63) is 54.4 Å². The van der Waals surface area contributed by atoms with Gasteiger partial charge in [0.05, 0.1) is 0 Å². The van der Waals surface area contributed by atoms with Gasteiger partial charge in [-0.3, -0.25) is 9.78 Å². The third-order valence-corrected chi connectivity index (χ3v) is 4.94. The highest BCUT2D eigenvalue weighted by atomic mass is 35.5. The number of ether oxygens (including phenoxy) is 1. The zero-order chi connectivity index (χ0) is 18.2. The predicted molar refractivity (Wildman–Crippen MR) is 118 cm³/mol. The number of nitrogens with one attached hydrogen (secondary N) is 2. The Hall–Kier alpha value is -1.82. The molecule has 1 fully saturated rings. The first-order valence-corrected chi connectivity index (χ1v) is 9.33. The summed E-state index contributed by atoms with van der Waals surface area (Å²) >= 11 is 0. The summed E-state index contributed by atoms with van der Waals surface area (Å²) in [7, 11) is 0. The lowest BCUT2D eigenvalue weighted by atomic mass is 9.84. The molecule has 0 aliphatic carbocycles. The Morgan fingerprint density at radius 3 is 2.75 bits per heavy atom. The Morgan fingerprint density at radius 2 is 2.04 bits per heavy atom. The summed E-state index contributed by atoms with van der Waals surface area (Å²) in [5.41, 5.74) is 1.79. The number of nitrogens with zero attached hydrogens (tertiary/aromatic N) is 1. The summed E-state index contributed by atoms with van der Waals surface area (Å²) < 4.78 is 5.79. The van der Waals surface area contributed by atoms with E-state index in [4.69, 9.17) is 4.74 Å². The number of amides is 1. The van der Waals surface area contributed by atoms with Crippen LogP contribution in [0.1, 0.15) is 31.7 Å². The highest BCUT2D eigenvalue weighted by Crippen LogP contribution is 2.25. The minimum absolute atomic E-state index is 0. The van der Waals surface area contributed by atoms with Crippen molar-refractivity contribution in [2.45, 2.75) is 32.8 Å². The maximum Gasteiger partial charge on any atom is 0.224 e. The van der Waals surface area contributed by atoms with Crippen LogP contribution in [0.25, 0.3) is 0 Å². The Balaban J connectivity index is 0.00000196. The fourth-order valence-electron chi connectivity index (χ4n) is 3.40. The first-order valence-electron chi connectivity index (χ1n) is 9.33. The van der Waals surface area contributed by atoms with Gasteiger partial charge in [0, 0.05) is 36.1 Å². The van der Waals surface area contributed by atoms with E-state index in [-0.39, 0.29) is 30.7 Å². The first-order chi connectivity index (χ1) is 12.7. The largest absolute Gasteiger partial charge is 0.489 e. The molecule has 0 saturated carbocycles. The molecule has 2 N–H and O–H groups in total. The average Bonchev–Trinajstić information content (AvgIpc) is 2.68. The highest BCUT2D eigenvalue weighted by molar-refractivity contribution is 5.91. The lowest BCUT2D eigenvalue weighted by Crippen LogP contribution is -2.32. The molecular weight excluding hydrogens is 397 g/mol. The number of carbonyl (C=O) groups is 1. The standard InChI is InChI=1S/C21H27N3O2.2ClH/c1-16(18-7-10-22-11-8-18)12-21(25)24-19-5-2-6-20(13-19)26-15-17-4-3-9-23-14-17;;/h2-6,9,13-14,16,18,22H,7-8,10-12,15H2,1H3,(H,24,25);2*1H. The summed E-state index contributed by atoms with van der Waals surface area (Å²) in [6.45, 7) is 4.76. The van der Waals surface area contributed by atoms with Crippen LogP contribution in [0.2, 0.25) is 0 Å². The average molecular weight is 426 g/mol. The molecule has 1 aliphatic rings. The van der Waals surface area contributed by atoms with Crippen molar-refractivity contribution in [2.75, 3.05) is 18.4 Å². The molecule has 7 heteroatoms. The second kappa shape index (κ2) is 12.6. The lowest BCUT2D eigenvalue weighted by Gasteiger charge is -2.27. The Morgan fingerprint density at radius 1 is 1.25 bits per heavy atom. The number of aromatic nitrogens is 1. The Kier molecular flexibility index (Phi) is 10.9. The van der Waals surface area contributed by atoms with E-state index in [2.05, 4.69) is 22.5 Å². The molecule has 5 nitrogen and oxygen atoms in total. The molecule has 1 aromatic carbocycles. The van der Waals surface area contributed by atoms with Crippen molar-refractivity contribution in [1.82, 2.24) is 10.3 Å². The van der Waals surface area contributed by atoms with Crippen molar-refractivity contribution < 1.29 is 9.53 Å². The van der Waals surface area contributed by atoms with Crippen LogP contribution in [-0.2, 0) is 11.4 Å². The molecule has 1 unspecified atom stereocenters. The third-order valence-electron chi connectivity index (χ3n) is 4.94. The summed E-state index contributed by atoms with van der Waals surface area (Å²) in [4.78, 5) is 16.5. The van der Waals surface area contributed by atoms with Gasteiger partial charge in [0.25, 0.3) is 0 Å². The Bertz CT molecular complexity index is 710. The van der Waals surface area contributed by atoms with Crippen LogP contribution in [0.15, 0.2) is 48.8 Å². The number of piperidine rings is 1. The summed E-state index contributed by atoms with van der Waals surface area (Å²) in [6.07, 6.45) is 6.40. The van der Waals surface area contributed by atoms with E-state index in [9.17, 15) is 4.79 Å². The molecule has 3 rings (SSSR count). The van der Waals surface area contributed by atoms with Crippen LogP contribution in [0.4, 0.5) is 5.69 Å². The fourth-order valence-corrected chi connectivity index (χ4v) is 3.40. The van der Waals surface area contributed by atoms with Crippen LogP contribution < -0.4 is 15.4 Å². The van der Waals surface area contributed by atoms with Crippen molar-refractivity contribution in [2.24, 2.45) is 11.8 Å². The van der Waals surface area contributed by atoms with Crippen molar-refractivity contribution in [1.29, 1.82) is 0 Å². The monoisotopic (exact) mass is 425 g/mol. The molecule has 28 heavy (non-hydrogen) atoms. The maximum atomic E-state index is 12.4. The number of halogens is 2. The molecule has 1 amide bonds. The smallest absolute Gasteiger partial charge is 0.224 e. The topological polar surface area (TPSA) is 63.2 Å². The first kappa shape index (κ1) is 24.2. The molecule has 1 atom stereocenters. The van der Waals surface area contributed by atoms with Crippen molar-refractivity contribution >= 4 is 36.4 Å². The zero-order valence-electron chi connectivity index (χ0n) is 16.1. The normalized spacial score (nSPS) is 14.9. The number of rotatable bonds is 7. The molecule has 154 valence electrons. The summed E-state index contributed by atoms with van der Waals surface area (Å²) in [6, 6.07) is 11.4. The highest BCUT2D eigenvalue weighted by Gasteiger charge is 2.22. The van der Waals surface area contributed by atoms with Gasteiger partial charge in [-0.25, -0.2) is 0 Å². The van der Waals surface area contributed by atoms with Gasteiger partial charge < -0.3 is 15.4 Å². The fraction of sp³-hybridized carbons (Fsp3) is 0.429. The second-order valence-corrected chi connectivity index (χ2v) is 6.99. The molecule has 2 heterocycles. The number of pyridine rings is 1. The molecule has 0 bridgehead atoms. The van der Waals surface area contributed by atoms with Crippen LogP contribution in [0, 0.1) is 11.8 Å². The van der Waals surface area contributed by atoms with Crippen LogP contribution in [-0.4, -0.2) is 24.0 Å². The lowest BCUT2D eigenvalue weighted by molar-refractivity contribution is -0.117. The summed E-state index contributed by atoms with van der Waals surface area (Å²) in [5, 5.41) is 6.38.